The minimum Gasteiger partial charge on any atom is -0.347 e. The van der Waals surface area contributed by atoms with Gasteiger partial charge in [0.05, 0.1) is 5.39 Å². The van der Waals surface area contributed by atoms with E-state index in [0.717, 1.165) is 19.3 Å². The summed E-state index contributed by atoms with van der Waals surface area (Å²) >= 11 is 0. The largest absolute Gasteiger partial charge is 0.347 e. The Morgan fingerprint density at radius 2 is 1.92 bits per heavy atom. The molecule has 0 bridgehead atoms. The van der Waals surface area contributed by atoms with Crippen molar-refractivity contribution in [3.05, 3.63) is 40.3 Å². The van der Waals surface area contributed by atoms with Crippen molar-refractivity contribution < 1.29 is 4.79 Å². The Hall–Kier alpha value is -1.92. The number of aromatic nitrogens is 2. The van der Waals surface area contributed by atoms with Gasteiger partial charge in [-0.3, -0.25) is 9.59 Å². The van der Waals surface area contributed by atoms with Crippen molar-refractivity contribution >= 4 is 29.1 Å². The molecule has 0 aliphatic rings. The Kier molecular flexibility index (Phi) is 8.75. The fourth-order valence-electron chi connectivity index (χ4n) is 2.83. The van der Waals surface area contributed by atoms with Crippen LogP contribution in [0.2, 0.25) is 0 Å². The van der Waals surface area contributed by atoms with Crippen molar-refractivity contribution in [2.75, 3.05) is 6.54 Å². The van der Waals surface area contributed by atoms with Gasteiger partial charge in [-0.05, 0) is 18.4 Å². The molecule has 1 unspecified atom stereocenters. The number of nitrogens with zero attached hydrogens (tertiary/aromatic N) is 2. The van der Waals surface area contributed by atoms with E-state index in [-0.39, 0.29) is 41.5 Å². The predicted molar refractivity (Wildman–Crippen MR) is 108 cm³/mol. The van der Waals surface area contributed by atoms with Crippen LogP contribution in [0.3, 0.4) is 0 Å². The number of halogens is 1. The number of rotatable bonds is 8. The van der Waals surface area contributed by atoms with Crippen LogP contribution in [0, 0.1) is 5.92 Å². The molecule has 0 radical (unpaired) electrons. The van der Waals surface area contributed by atoms with E-state index in [4.69, 9.17) is 5.73 Å². The third-order valence-electron chi connectivity index (χ3n) is 4.15. The van der Waals surface area contributed by atoms with Gasteiger partial charge in [0.2, 0.25) is 0 Å². The first-order chi connectivity index (χ1) is 12.0. The zero-order chi connectivity index (χ0) is 18.4. The van der Waals surface area contributed by atoms with Crippen LogP contribution >= 0.6 is 12.4 Å². The predicted octanol–water partition coefficient (Wildman–Crippen LogP) is 2.72. The Labute approximate surface area is 160 Å². The highest BCUT2D eigenvalue weighted by atomic mass is 35.5. The molecule has 1 atom stereocenters. The van der Waals surface area contributed by atoms with Crippen LogP contribution in [0.15, 0.2) is 29.1 Å². The molecular formula is C19H29ClN4O2. The van der Waals surface area contributed by atoms with E-state index in [1.54, 1.807) is 18.2 Å². The monoisotopic (exact) mass is 380 g/mol. The number of hydrogen-bond acceptors (Lipinski definition) is 4. The highest BCUT2D eigenvalue weighted by molar-refractivity contribution is 6.04. The number of amides is 1. The third kappa shape index (κ3) is 5.29. The number of benzene rings is 1. The molecule has 3 N–H and O–H groups in total. The lowest BCUT2D eigenvalue weighted by atomic mass is 10.1. The Morgan fingerprint density at radius 1 is 1.27 bits per heavy atom. The Morgan fingerprint density at radius 3 is 2.50 bits per heavy atom. The second kappa shape index (κ2) is 10.3. The molecule has 1 aromatic carbocycles. The number of hydrogen-bond donors (Lipinski definition) is 2. The molecule has 0 saturated carbocycles. The first-order valence-electron chi connectivity index (χ1n) is 8.98. The number of carbonyl (C=O) groups excluding carboxylic acids is 1. The minimum atomic E-state index is -0.278. The number of nitrogens with one attached hydrogen (secondary N) is 1. The van der Waals surface area contributed by atoms with Gasteiger partial charge in [-0.15, -0.1) is 12.4 Å². The topological polar surface area (TPSA) is 90.0 Å². The van der Waals surface area contributed by atoms with Crippen molar-refractivity contribution in [3.63, 3.8) is 0 Å². The third-order valence-corrected chi connectivity index (χ3v) is 4.15. The molecule has 1 heterocycles. The molecule has 2 rings (SSSR count). The van der Waals surface area contributed by atoms with Crippen LogP contribution < -0.4 is 16.6 Å². The van der Waals surface area contributed by atoms with Gasteiger partial charge < -0.3 is 11.1 Å². The second-order valence-corrected chi connectivity index (χ2v) is 6.82. The van der Waals surface area contributed by atoms with E-state index in [9.17, 15) is 9.59 Å². The van der Waals surface area contributed by atoms with E-state index in [1.807, 2.05) is 19.9 Å². The molecule has 0 aliphatic carbocycles. The maximum Gasteiger partial charge on any atom is 0.274 e. The SMILES string of the molecule is CCCCC(CN)NC(=O)c1nn(CC(C)C)c(=O)c2ccccc12.Cl. The fraction of sp³-hybridized carbons (Fsp3) is 0.526. The molecule has 1 aromatic heterocycles. The molecule has 7 heteroatoms. The average molecular weight is 381 g/mol. The van der Waals surface area contributed by atoms with Crippen LogP contribution in [-0.4, -0.2) is 28.3 Å². The molecule has 0 aliphatic heterocycles. The lowest BCUT2D eigenvalue weighted by molar-refractivity contribution is 0.0930. The minimum absolute atomic E-state index is 0. The van der Waals surface area contributed by atoms with Gasteiger partial charge in [0.15, 0.2) is 5.69 Å². The highest BCUT2D eigenvalue weighted by Gasteiger charge is 2.19. The van der Waals surface area contributed by atoms with E-state index >= 15 is 0 Å². The molecule has 1 amide bonds. The van der Waals surface area contributed by atoms with E-state index in [0.29, 0.717) is 23.9 Å². The van der Waals surface area contributed by atoms with E-state index < -0.39 is 0 Å². The summed E-state index contributed by atoms with van der Waals surface area (Å²) in [5, 5.41) is 8.42. The molecule has 0 fully saturated rings. The van der Waals surface area contributed by atoms with Crippen molar-refractivity contribution in [2.45, 2.75) is 52.6 Å². The van der Waals surface area contributed by atoms with Crippen LogP contribution in [-0.2, 0) is 6.54 Å². The average Bonchev–Trinajstić information content (AvgIpc) is 2.60. The number of fused-ring (bicyclic) bond motifs is 1. The van der Waals surface area contributed by atoms with E-state index in [1.165, 1.54) is 4.68 Å². The van der Waals surface area contributed by atoms with E-state index in [2.05, 4.69) is 17.3 Å². The van der Waals surface area contributed by atoms with Crippen LogP contribution in [0.4, 0.5) is 0 Å². The summed E-state index contributed by atoms with van der Waals surface area (Å²) < 4.78 is 1.39. The molecular weight excluding hydrogens is 352 g/mol. The van der Waals surface area contributed by atoms with Crippen molar-refractivity contribution in [3.8, 4) is 0 Å². The number of unbranched alkanes of at least 4 members (excludes halogenated alkanes) is 1. The van der Waals surface area contributed by atoms with Crippen molar-refractivity contribution in [2.24, 2.45) is 11.7 Å². The summed E-state index contributed by atoms with van der Waals surface area (Å²) in [4.78, 5) is 25.4. The molecule has 2 aromatic rings. The summed E-state index contributed by atoms with van der Waals surface area (Å²) in [5.74, 6) is -0.0242. The summed E-state index contributed by atoms with van der Waals surface area (Å²) in [6.45, 7) is 6.98. The van der Waals surface area contributed by atoms with Gasteiger partial charge in [-0.1, -0.05) is 51.8 Å². The second-order valence-electron chi connectivity index (χ2n) is 6.82. The Bertz CT molecular complexity index is 789. The smallest absolute Gasteiger partial charge is 0.274 e. The molecule has 6 nitrogen and oxygen atoms in total. The number of nitrogens with two attached hydrogens (primary N) is 1. The molecule has 144 valence electrons. The lowest BCUT2D eigenvalue weighted by Crippen LogP contribution is -2.41. The molecule has 0 spiro atoms. The first-order valence-corrected chi connectivity index (χ1v) is 8.98. The zero-order valence-corrected chi connectivity index (χ0v) is 16.5. The fourth-order valence-corrected chi connectivity index (χ4v) is 2.83. The van der Waals surface area contributed by atoms with Gasteiger partial charge in [0, 0.05) is 24.5 Å². The molecule has 0 saturated heterocycles. The lowest BCUT2D eigenvalue weighted by Gasteiger charge is -2.17. The summed E-state index contributed by atoms with van der Waals surface area (Å²) in [5.41, 5.74) is 5.90. The maximum atomic E-state index is 12.8. The highest BCUT2D eigenvalue weighted by Crippen LogP contribution is 2.14. The van der Waals surface area contributed by atoms with Gasteiger partial charge >= 0.3 is 0 Å². The van der Waals surface area contributed by atoms with Crippen LogP contribution in [0.1, 0.15) is 50.5 Å². The summed E-state index contributed by atoms with van der Waals surface area (Å²) in [6.07, 6.45) is 2.89. The number of carbonyl (C=O) groups is 1. The van der Waals surface area contributed by atoms with Crippen molar-refractivity contribution in [1.29, 1.82) is 0 Å². The first kappa shape index (κ1) is 22.1. The Balaban J connectivity index is 0.00000338. The van der Waals surface area contributed by atoms with Crippen molar-refractivity contribution in [1.82, 2.24) is 15.1 Å². The zero-order valence-electron chi connectivity index (χ0n) is 15.7. The van der Waals surface area contributed by atoms with Gasteiger partial charge in [-0.25, -0.2) is 4.68 Å². The standard InChI is InChI=1S/C19H28N4O2.ClH/c1-4-5-8-14(11-20)21-18(24)17-15-9-6-7-10-16(15)19(25)23(22-17)12-13(2)3;/h6-7,9-10,13-14H,4-5,8,11-12,20H2,1-3H3,(H,21,24);1H. The maximum absolute atomic E-state index is 12.8. The summed E-state index contributed by atoms with van der Waals surface area (Å²) in [7, 11) is 0. The van der Waals surface area contributed by atoms with Gasteiger partial charge in [0.25, 0.3) is 11.5 Å². The van der Waals surface area contributed by atoms with Crippen LogP contribution in [0.5, 0.6) is 0 Å². The normalized spacial score (nSPS) is 12.0. The van der Waals surface area contributed by atoms with Gasteiger partial charge in [-0.2, -0.15) is 5.10 Å². The van der Waals surface area contributed by atoms with Crippen LogP contribution in [0.25, 0.3) is 10.8 Å². The molecule has 26 heavy (non-hydrogen) atoms. The quantitative estimate of drug-likeness (QED) is 0.736. The summed E-state index contributed by atoms with van der Waals surface area (Å²) in [6, 6.07) is 7.03. The van der Waals surface area contributed by atoms with Gasteiger partial charge in [0.1, 0.15) is 0 Å².